The lowest BCUT2D eigenvalue weighted by molar-refractivity contribution is -0.00561. The summed E-state index contributed by atoms with van der Waals surface area (Å²) in [7, 11) is 0. The van der Waals surface area contributed by atoms with Gasteiger partial charge in [-0.1, -0.05) is 42.5 Å². The summed E-state index contributed by atoms with van der Waals surface area (Å²) in [6, 6.07) is 31.0. The molecule has 2 nitrogen and oxygen atoms in total. The second-order valence-corrected chi connectivity index (χ2v) is 24.7. The van der Waals surface area contributed by atoms with E-state index >= 15 is 0 Å². The molecule has 19 rings (SSSR count). The van der Waals surface area contributed by atoms with Crippen molar-refractivity contribution >= 4 is 51.5 Å². The van der Waals surface area contributed by atoms with E-state index in [1.165, 1.54) is 145 Å². The minimum Gasteiger partial charge on any atom is -0.342 e. The van der Waals surface area contributed by atoms with Gasteiger partial charge < -0.3 is 9.80 Å². The van der Waals surface area contributed by atoms with Crippen LogP contribution in [0.3, 0.4) is 0 Å². The summed E-state index contributed by atoms with van der Waals surface area (Å²) in [6.45, 7) is 1.45. The Bertz CT molecular complexity index is 2410. The molecule has 0 amide bonds. The summed E-state index contributed by atoms with van der Waals surface area (Å²) in [5.74, 6) is 8.60. The van der Waals surface area contributed by atoms with Gasteiger partial charge in [-0.25, -0.2) is 0 Å². The molecular formula is C57H63BN2. The number of benzene rings is 4. The average Bonchev–Trinajstić information content (AvgIpc) is 3.23. The summed E-state index contributed by atoms with van der Waals surface area (Å²) >= 11 is 0. The van der Waals surface area contributed by atoms with E-state index in [0.29, 0.717) is 16.2 Å². The van der Waals surface area contributed by atoms with Gasteiger partial charge in [0.2, 0.25) is 0 Å². The highest BCUT2D eigenvalue weighted by molar-refractivity contribution is 7.00. The number of hydrogen-bond donors (Lipinski definition) is 0. The van der Waals surface area contributed by atoms with E-state index in [1.54, 1.807) is 44.5 Å². The van der Waals surface area contributed by atoms with Gasteiger partial charge in [-0.2, -0.15) is 0 Å². The molecule has 0 atom stereocenters. The van der Waals surface area contributed by atoms with Crippen LogP contribution in [-0.2, 0) is 22.7 Å². The summed E-state index contributed by atoms with van der Waals surface area (Å²) in [5, 5.41) is 0. The van der Waals surface area contributed by atoms with Crippen molar-refractivity contribution in [3.05, 3.63) is 95.1 Å². The Morgan fingerprint density at radius 2 is 0.967 bits per heavy atom. The van der Waals surface area contributed by atoms with Crippen LogP contribution in [0.2, 0.25) is 0 Å². The Morgan fingerprint density at radius 1 is 0.467 bits per heavy atom. The molecule has 0 N–H and O–H groups in total. The lowest BCUT2D eigenvalue weighted by Gasteiger charge is -2.58. The van der Waals surface area contributed by atoms with Crippen LogP contribution in [-0.4, -0.2) is 13.3 Å². The number of anilines is 5. The van der Waals surface area contributed by atoms with Crippen molar-refractivity contribution in [2.45, 2.75) is 145 Å². The minimum atomic E-state index is 0.286. The van der Waals surface area contributed by atoms with Gasteiger partial charge in [-0.05, 0) is 267 Å². The van der Waals surface area contributed by atoms with Crippen LogP contribution in [0, 0.1) is 53.3 Å². The maximum atomic E-state index is 2.95. The van der Waals surface area contributed by atoms with Crippen LogP contribution >= 0.6 is 0 Å². The third-order valence-corrected chi connectivity index (χ3v) is 21.2. The molecule has 0 aromatic heterocycles. The Hall–Kier alpha value is -3.46. The topological polar surface area (TPSA) is 6.48 Å². The zero-order valence-corrected chi connectivity index (χ0v) is 35.9. The standard InChI is InChI=1S/C57H63BN2/c1-2-5-45(6-3-1)60-50-22-43(55-25-34-13-35(26-55)15-36(14-34)27-55)8-10-48(50)58-49-11-9-47(57-31-40-19-41(32-57)21-42(20-40)33-57)46-7-4-12-59(54(46)49)51-23-44(24-52(60)53(51)58)56-28-37-16-38(29-56)18-39(17-37)30-56/h1-3,5-6,8-11,22-24,34-42H,4,7,12-21,25-33H2. The van der Waals surface area contributed by atoms with Crippen molar-refractivity contribution in [1.82, 2.24) is 0 Å². The van der Waals surface area contributed by atoms with E-state index < -0.39 is 0 Å². The van der Waals surface area contributed by atoms with Crippen LogP contribution in [0.1, 0.15) is 144 Å². The molecule has 60 heavy (non-hydrogen) atoms. The third-order valence-electron chi connectivity index (χ3n) is 21.2. The molecular weight excluding hydrogens is 723 g/mol. The van der Waals surface area contributed by atoms with Crippen molar-refractivity contribution < 1.29 is 0 Å². The van der Waals surface area contributed by atoms with Crippen LogP contribution in [0.25, 0.3) is 0 Å². The second kappa shape index (κ2) is 11.6. The first kappa shape index (κ1) is 34.1. The van der Waals surface area contributed by atoms with E-state index in [1.807, 2.05) is 5.56 Å². The molecule has 0 saturated heterocycles. The molecule has 12 aliphatic carbocycles. The van der Waals surface area contributed by atoms with Gasteiger partial charge in [-0.3, -0.25) is 0 Å². The summed E-state index contributed by atoms with van der Waals surface area (Å²) < 4.78 is 0. The molecule has 3 heteroatoms. The van der Waals surface area contributed by atoms with Crippen molar-refractivity contribution in [2.24, 2.45) is 53.3 Å². The molecule has 12 saturated carbocycles. The van der Waals surface area contributed by atoms with Crippen LogP contribution < -0.4 is 26.2 Å². The number of rotatable bonds is 4. The number of nitrogens with zero attached hydrogens (tertiary/aromatic N) is 2. The smallest absolute Gasteiger partial charge is 0.252 e. The summed E-state index contributed by atoms with van der Waals surface area (Å²) in [4.78, 5) is 5.77. The van der Waals surface area contributed by atoms with E-state index in [-0.39, 0.29) is 6.71 Å². The second-order valence-electron chi connectivity index (χ2n) is 24.7. The maximum absolute atomic E-state index is 2.95. The molecule has 4 aromatic carbocycles. The molecule has 3 heterocycles. The van der Waals surface area contributed by atoms with Gasteiger partial charge in [0.05, 0.1) is 0 Å². The molecule has 4 aromatic rings. The third kappa shape index (κ3) is 4.45. The van der Waals surface area contributed by atoms with E-state index in [4.69, 9.17) is 0 Å². The van der Waals surface area contributed by atoms with Crippen LogP contribution in [0.5, 0.6) is 0 Å². The van der Waals surface area contributed by atoms with Gasteiger partial charge in [0.1, 0.15) is 0 Å². The quantitative estimate of drug-likeness (QED) is 0.167. The summed E-state index contributed by atoms with van der Waals surface area (Å²) in [6.07, 6.45) is 29.1. The first-order chi connectivity index (χ1) is 29.5. The largest absolute Gasteiger partial charge is 0.342 e. The highest BCUT2D eigenvalue weighted by Gasteiger charge is 2.57. The number of fused-ring (bicyclic) bond motifs is 4. The average molecular weight is 787 g/mol. The van der Waals surface area contributed by atoms with Crippen molar-refractivity contribution in [1.29, 1.82) is 0 Å². The normalized spacial score (nSPS) is 41.2. The van der Waals surface area contributed by atoms with E-state index in [9.17, 15) is 0 Å². The fraction of sp³-hybridized carbons (Fsp3) is 0.579. The predicted octanol–water partition coefficient (Wildman–Crippen LogP) is 11.8. The highest BCUT2D eigenvalue weighted by Crippen LogP contribution is 2.65. The first-order valence-electron chi connectivity index (χ1n) is 25.6. The number of hydrogen-bond acceptors (Lipinski definition) is 2. The predicted molar refractivity (Wildman–Crippen MR) is 247 cm³/mol. The highest BCUT2D eigenvalue weighted by atomic mass is 15.2. The monoisotopic (exact) mass is 787 g/mol. The molecule has 15 aliphatic rings. The van der Waals surface area contributed by atoms with Crippen LogP contribution in [0.4, 0.5) is 28.4 Å². The SMILES string of the molecule is c1ccc(N2c3cc(C45CC6CC(CC(C6)C4)C5)ccc3B3c4ccc(C56CC7CC(CC(C7)C5)C6)c5c4N(CCC5)c4cc(C56CC7CC(CC(C7)C5)C6)cc2c43)cc1. The van der Waals surface area contributed by atoms with Gasteiger partial charge >= 0.3 is 0 Å². The molecule has 12 fully saturated rings. The number of para-hydroxylation sites is 1. The maximum Gasteiger partial charge on any atom is 0.252 e. The van der Waals surface area contributed by atoms with Gasteiger partial charge in [-0.15, -0.1) is 0 Å². The zero-order valence-electron chi connectivity index (χ0n) is 35.9. The zero-order chi connectivity index (χ0) is 38.7. The molecule has 304 valence electrons. The lowest BCUT2D eigenvalue weighted by atomic mass is 9.32. The van der Waals surface area contributed by atoms with Crippen molar-refractivity contribution in [3.63, 3.8) is 0 Å². The van der Waals surface area contributed by atoms with Gasteiger partial charge in [0.15, 0.2) is 0 Å². The Morgan fingerprint density at radius 3 is 1.55 bits per heavy atom. The van der Waals surface area contributed by atoms with E-state index in [0.717, 1.165) is 59.8 Å². The molecule has 0 spiro atoms. The lowest BCUT2D eigenvalue weighted by Crippen LogP contribution is -2.63. The Balaban J connectivity index is 0.947. The minimum absolute atomic E-state index is 0.286. The molecule has 0 radical (unpaired) electrons. The Kier molecular flexibility index (Phi) is 6.57. The molecule has 12 bridgehead atoms. The van der Waals surface area contributed by atoms with E-state index in [2.05, 4.69) is 82.6 Å². The fourth-order valence-corrected chi connectivity index (χ4v) is 20.5. The van der Waals surface area contributed by atoms with Crippen molar-refractivity contribution in [2.75, 3.05) is 16.3 Å². The fourth-order valence-electron chi connectivity index (χ4n) is 20.5. The first-order valence-corrected chi connectivity index (χ1v) is 25.6. The molecule has 0 unspecified atom stereocenters. The molecule has 3 aliphatic heterocycles. The Labute approximate surface area is 359 Å². The van der Waals surface area contributed by atoms with Gasteiger partial charge in [0, 0.05) is 35.0 Å². The van der Waals surface area contributed by atoms with Crippen LogP contribution in [0.15, 0.2) is 72.8 Å². The van der Waals surface area contributed by atoms with Crippen molar-refractivity contribution in [3.8, 4) is 0 Å². The van der Waals surface area contributed by atoms with Gasteiger partial charge in [0.25, 0.3) is 6.71 Å². The summed E-state index contributed by atoms with van der Waals surface area (Å²) in [5.41, 5.74) is 20.6.